The van der Waals surface area contributed by atoms with Gasteiger partial charge in [-0.25, -0.2) is 0 Å². The lowest BCUT2D eigenvalue weighted by Gasteiger charge is -1.91. The van der Waals surface area contributed by atoms with Gasteiger partial charge in [-0.15, -0.1) is 0 Å². The minimum absolute atomic E-state index is 2.08. The summed E-state index contributed by atoms with van der Waals surface area (Å²) in [7, 11) is 0. The SMILES string of the molecule is FC1(Br)N=NN=N1. The molecule has 0 saturated carbocycles. The zero-order valence-electron chi connectivity index (χ0n) is 3.04. The molecule has 0 radical (unpaired) electrons. The van der Waals surface area contributed by atoms with Crippen LogP contribution in [0.1, 0.15) is 0 Å². The predicted molar refractivity (Wildman–Crippen MR) is 22.5 cm³/mol. The van der Waals surface area contributed by atoms with Crippen molar-refractivity contribution in [2.24, 2.45) is 20.7 Å². The van der Waals surface area contributed by atoms with Crippen molar-refractivity contribution in [2.45, 2.75) is 4.83 Å². The predicted octanol–water partition coefficient (Wildman–Crippen LogP) is 1.80. The average Bonchev–Trinajstić information content (AvgIpc) is 1.84. The Balaban J connectivity index is 2.77. The molecule has 4 nitrogen and oxygen atoms in total. The van der Waals surface area contributed by atoms with Gasteiger partial charge in [0.15, 0.2) is 0 Å². The standard InChI is InChI=1S/CBrFN4/c2-1(3)4-6-7-5-1. The first-order valence-corrected chi connectivity index (χ1v) is 2.22. The van der Waals surface area contributed by atoms with Crippen LogP contribution >= 0.6 is 15.9 Å². The van der Waals surface area contributed by atoms with E-state index in [1.807, 2.05) is 0 Å². The molecule has 0 saturated heterocycles. The van der Waals surface area contributed by atoms with Crippen molar-refractivity contribution in [3.05, 3.63) is 0 Å². The van der Waals surface area contributed by atoms with Crippen molar-refractivity contribution in [3.63, 3.8) is 0 Å². The van der Waals surface area contributed by atoms with Crippen LogP contribution in [-0.2, 0) is 0 Å². The Kier molecular flexibility index (Phi) is 0.878. The maximum atomic E-state index is 12.0. The van der Waals surface area contributed by atoms with E-state index in [1.165, 1.54) is 0 Å². The van der Waals surface area contributed by atoms with Crippen LogP contribution in [0.4, 0.5) is 4.39 Å². The van der Waals surface area contributed by atoms with E-state index in [2.05, 4.69) is 36.6 Å². The van der Waals surface area contributed by atoms with Crippen LogP contribution in [0.5, 0.6) is 0 Å². The highest BCUT2D eigenvalue weighted by Crippen LogP contribution is 2.27. The van der Waals surface area contributed by atoms with Crippen LogP contribution in [0.3, 0.4) is 0 Å². The van der Waals surface area contributed by atoms with Crippen molar-refractivity contribution in [3.8, 4) is 0 Å². The molecule has 0 spiro atoms. The molecule has 1 heterocycles. The summed E-state index contributed by atoms with van der Waals surface area (Å²) in [6.07, 6.45) is 0. The summed E-state index contributed by atoms with van der Waals surface area (Å²) in [6, 6.07) is 0. The Morgan fingerprint density at radius 3 is 1.86 bits per heavy atom. The van der Waals surface area contributed by atoms with E-state index in [9.17, 15) is 4.39 Å². The van der Waals surface area contributed by atoms with Gasteiger partial charge < -0.3 is 0 Å². The van der Waals surface area contributed by atoms with E-state index in [1.54, 1.807) is 0 Å². The highest BCUT2D eigenvalue weighted by atomic mass is 79.9. The van der Waals surface area contributed by atoms with Gasteiger partial charge in [0.2, 0.25) is 0 Å². The molecule has 0 aliphatic carbocycles. The molecule has 0 aromatic carbocycles. The zero-order chi connectivity index (χ0) is 5.33. The summed E-state index contributed by atoms with van der Waals surface area (Å²) in [5, 5.41) is 11.6. The van der Waals surface area contributed by atoms with Crippen molar-refractivity contribution >= 4 is 15.9 Å². The minimum atomic E-state index is -2.08. The molecule has 0 aromatic rings. The van der Waals surface area contributed by atoms with Crippen molar-refractivity contribution in [1.29, 1.82) is 0 Å². The molecule has 0 amide bonds. The first kappa shape index (κ1) is 4.76. The van der Waals surface area contributed by atoms with Gasteiger partial charge in [0.05, 0.1) is 0 Å². The number of hydrogen-bond acceptors (Lipinski definition) is 4. The molecule has 0 fully saturated rings. The third-order valence-electron chi connectivity index (χ3n) is 0.370. The van der Waals surface area contributed by atoms with E-state index in [0.29, 0.717) is 0 Å². The second-order valence-electron chi connectivity index (χ2n) is 0.888. The summed E-state index contributed by atoms with van der Waals surface area (Å²) in [5.41, 5.74) is 0. The highest BCUT2D eigenvalue weighted by molar-refractivity contribution is 9.10. The molecule has 1 rings (SSSR count). The molecule has 6 heteroatoms. The van der Waals surface area contributed by atoms with Gasteiger partial charge in [-0.1, -0.05) is 10.2 Å². The van der Waals surface area contributed by atoms with Crippen molar-refractivity contribution in [2.75, 3.05) is 0 Å². The lowest BCUT2D eigenvalue weighted by Crippen LogP contribution is -1.97. The first-order valence-electron chi connectivity index (χ1n) is 1.43. The smallest absolute Gasteiger partial charge is 0.175 e. The molecule has 0 N–H and O–H groups in total. The van der Waals surface area contributed by atoms with E-state index in [4.69, 9.17) is 0 Å². The minimum Gasteiger partial charge on any atom is -0.175 e. The maximum absolute atomic E-state index is 12.0. The lowest BCUT2D eigenvalue weighted by molar-refractivity contribution is 0.321. The largest absolute Gasteiger partial charge is 0.388 e. The number of halogens is 2. The average molecular weight is 167 g/mol. The fraction of sp³-hybridized carbons (Fsp3) is 1.00. The number of nitrogens with zero attached hydrogens (tertiary/aromatic N) is 4. The third kappa shape index (κ3) is 0.986. The summed E-state index contributed by atoms with van der Waals surface area (Å²) >= 11 is 2.45. The van der Waals surface area contributed by atoms with Crippen LogP contribution in [0.15, 0.2) is 20.7 Å². The fourth-order valence-corrected chi connectivity index (χ4v) is 0.309. The van der Waals surface area contributed by atoms with Gasteiger partial charge in [-0.05, 0) is 10.4 Å². The summed E-state index contributed by atoms with van der Waals surface area (Å²) in [6.45, 7) is 0. The molecule has 1 aliphatic rings. The Hall–Kier alpha value is -0.390. The summed E-state index contributed by atoms with van der Waals surface area (Å²) < 4.78 is 12.0. The quantitative estimate of drug-likeness (QED) is 0.390. The second kappa shape index (κ2) is 1.29. The van der Waals surface area contributed by atoms with Crippen LogP contribution in [-0.4, -0.2) is 4.83 Å². The van der Waals surface area contributed by atoms with Gasteiger partial charge >= 0.3 is 4.83 Å². The Labute approximate surface area is 46.6 Å². The summed E-state index contributed by atoms with van der Waals surface area (Å²) in [5.74, 6) is 0. The fourth-order valence-electron chi connectivity index (χ4n) is 0.168. The molecule has 0 unspecified atom stereocenters. The number of rotatable bonds is 0. The zero-order valence-corrected chi connectivity index (χ0v) is 4.63. The Morgan fingerprint density at radius 2 is 1.71 bits per heavy atom. The normalized spacial score (nSPS) is 23.7. The summed E-state index contributed by atoms with van der Waals surface area (Å²) in [4.78, 5) is -2.08. The van der Waals surface area contributed by atoms with Crippen LogP contribution in [0.25, 0.3) is 0 Å². The lowest BCUT2D eigenvalue weighted by atomic mass is 11.1. The molecular formula is CBrFN4. The van der Waals surface area contributed by atoms with Gasteiger partial charge in [0.25, 0.3) is 0 Å². The van der Waals surface area contributed by atoms with Gasteiger partial charge in [0, 0.05) is 15.9 Å². The van der Waals surface area contributed by atoms with Gasteiger partial charge in [0.1, 0.15) is 0 Å². The topological polar surface area (TPSA) is 49.4 Å². The third-order valence-corrected chi connectivity index (χ3v) is 0.687. The van der Waals surface area contributed by atoms with E-state index < -0.39 is 4.83 Å². The van der Waals surface area contributed by atoms with E-state index in [-0.39, 0.29) is 0 Å². The maximum Gasteiger partial charge on any atom is 0.388 e. The molecule has 0 bridgehead atoms. The highest BCUT2D eigenvalue weighted by Gasteiger charge is 2.26. The number of hydrogen-bond donors (Lipinski definition) is 0. The first-order chi connectivity index (χ1) is 3.21. The molecular weight excluding hydrogens is 167 g/mol. The van der Waals surface area contributed by atoms with Crippen LogP contribution in [0.2, 0.25) is 0 Å². The van der Waals surface area contributed by atoms with Gasteiger partial charge in [-0.2, -0.15) is 4.39 Å². The molecule has 1 aliphatic heterocycles. The number of alkyl halides is 2. The van der Waals surface area contributed by atoms with E-state index >= 15 is 0 Å². The van der Waals surface area contributed by atoms with Gasteiger partial charge in [-0.3, -0.25) is 0 Å². The molecule has 0 aromatic heterocycles. The van der Waals surface area contributed by atoms with Crippen molar-refractivity contribution in [1.82, 2.24) is 0 Å². The van der Waals surface area contributed by atoms with E-state index in [0.717, 1.165) is 0 Å². The molecule has 7 heavy (non-hydrogen) atoms. The molecule has 0 atom stereocenters. The van der Waals surface area contributed by atoms with Crippen LogP contribution < -0.4 is 0 Å². The Bertz CT molecular complexity index is 114. The second-order valence-corrected chi connectivity index (χ2v) is 1.90. The molecule has 38 valence electrons. The Morgan fingerprint density at radius 1 is 1.29 bits per heavy atom. The monoisotopic (exact) mass is 166 g/mol. The van der Waals surface area contributed by atoms with Crippen LogP contribution in [0, 0.1) is 0 Å². The van der Waals surface area contributed by atoms with Crippen molar-refractivity contribution < 1.29 is 4.39 Å².